The van der Waals surface area contributed by atoms with Gasteiger partial charge in [-0.25, -0.2) is 0 Å². The molecule has 1 aliphatic carbocycles. The minimum atomic E-state index is -0.136. The van der Waals surface area contributed by atoms with E-state index in [2.05, 4.69) is 18.3 Å². The lowest BCUT2D eigenvalue weighted by Crippen LogP contribution is -2.44. The maximum Gasteiger partial charge on any atom is 0.165 e. The first-order chi connectivity index (χ1) is 8.22. The van der Waals surface area contributed by atoms with Crippen LogP contribution in [-0.4, -0.2) is 18.9 Å². The van der Waals surface area contributed by atoms with E-state index in [-0.39, 0.29) is 5.41 Å². The molecular weight excluding hydrogens is 210 g/mol. The standard InChI is InChI=1S/C15H25NO/c1-15(10-7-11-16-12-15)14(17)13-8-5-3-2-4-6-9-13/h8,16H,2-7,9-12H2,1H3. The van der Waals surface area contributed by atoms with Gasteiger partial charge in [0.15, 0.2) is 5.78 Å². The number of carbonyl (C=O) groups excluding carboxylic acids is 1. The molecule has 0 saturated carbocycles. The Labute approximate surface area is 105 Å². The molecule has 1 atom stereocenters. The molecule has 1 N–H and O–H groups in total. The number of nitrogens with one attached hydrogen (secondary N) is 1. The van der Waals surface area contributed by atoms with Gasteiger partial charge in [-0.05, 0) is 50.6 Å². The third-order valence-electron chi connectivity index (χ3n) is 4.23. The van der Waals surface area contributed by atoms with E-state index in [1.54, 1.807) is 0 Å². The molecule has 2 heteroatoms. The quantitative estimate of drug-likeness (QED) is 0.796. The van der Waals surface area contributed by atoms with Crippen molar-refractivity contribution in [3.63, 3.8) is 0 Å². The largest absolute Gasteiger partial charge is 0.316 e. The molecule has 2 aliphatic rings. The van der Waals surface area contributed by atoms with E-state index in [1.165, 1.54) is 25.7 Å². The minimum absolute atomic E-state index is 0.136. The summed E-state index contributed by atoms with van der Waals surface area (Å²) in [6, 6.07) is 0. The molecule has 0 aromatic carbocycles. The molecule has 2 rings (SSSR count). The second-order valence-electron chi connectivity index (χ2n) is 5.85. The van der Waals surface area contributed by atoms with Crippen molar-refractivity contribution in [2.24, 2.45) is 5.41 Å². The first-order valence-corrected chi connectivity index (χ1v) is 7.17. The summed E-state index contributed by atoms with van der Waals surface area (Å²) in [4.78, 5) is 12.6. The summed E-state index contributed by atoms with van der Waals surface area (Å²) in [5, 5.41) is 3.38. The van der Waals surface area contributed by atoms with Gasteiger partial charge < -0.3 is 5.32 Å². The zero-order valence-corrected chi connectivity index (χ0v) is 11.1. The van der Waals surface area contributed by atoms with Crippen molar-refractivity contribution in [1.29, 1.82) is 0 Å². The van der Waals surface area contributed by atoms with Crippen LogP contribution in [0.4, 0.5) is 0 Å². The second kappa shape index (κ2) is 5.81. The van der Waals surface area contributed by atoms with Gasteiger partial charge in [0.1, 0.15) is 0 Å². The number of piperidine rings is 1. The Morgan fingerprint density at radius 3 is 2.82 bits per heavy atom. The zero-order chi connectivity index (χ0) is 12.1. The van der Waals surface area contributed by atoms with Gasteiger partial charge in [0, 0.05) is 12.0 Å². The minimum Gasteiger partial charge on any atom is -0.316 e. The zero-order valence-electron chi connectivity index (χ0n) is 11.1. The fraction of sp³-hybridized carbons (Fsp3) is 0.800. The van der Waals surface area contributed by atoms with Crippen LogP contribution in [0.5, 0.6) is 0 Å². The Bertz CT molecular complexity index is 300. The Morgan fingerprint density at radius 2 is 2.06 bits per heavy atom. The van der Waals surface area contributed by atoms with Crippen molar-refractivity contribution < 1.29 is 4.79 Å². The highest BCUT2D eigenvalue weighted by molar-refractivity contribution is 5.99. The van der Waals surface area contributed by atoms with Crippen LogP contribution in [0.3, 0.4) is 0 Å². The SMILES string of the molecule is CC1(C(=O)C2=CCCCCCC2)CCCNC1. The number of Topliss-reactive ketones (excluding diaryl/α,β-unsaturated/α-hetero) is 1. The lowest BCUT2D eigenvalue weighted by Gasteiger charge is -2.33. The van der Waals surface area contributed by atoms with Crippen LogP contribution in [0.15, 0.2) is 11.6 Å². The van der Waals surface area contributed by atoms with Crippen LogP contribution < -0.4 is 5.32 Å². The molecule has 96 valence electrons. The van der Waals surface area contributed by atoms with E-state index >= 15 is 0 Å². The summed E-state index contributed by atoms with van der Waals surface area (Å²) in [5.74, 6) is 0.423. The first-order valence-electron chi connectivity index (χ1n) is 7.17. The predicted octanol–water partition coefficient (Wildman–Crippen LogP) is 3.23. The highest BCUT2D eigenvalue weighted by Gasteiger charge is 2.35. The van der Waals surface area contributed by atoms with E-state index in [0.29, 0.717) is 5.78 Å². The molecule has 1 saturated heterocycles. The average molecular weight is 235 g/mol. The first kappa shape index (κ1) is 12.8. The van der Waals surface area contributed by atoms with Gasteiger partial charge in [-0.3, -0.25) is 4.79 Å². The fourth-order valence-corrected chi connectivity index (χ4v) is 3.04. The highest BCUT2D eigenvalue weighted by atomic mass is 16.1. The van der Waals surface area contributed by atoms with E-state index < -0.39 is 0 Å². The maximum absolute atomic E-state index is 12.6. The summed E-state index contributed by atoms with van der Waals surface area (Å²) in [7, 11) is 0. The molecule has 1 unspecified atom stereocenters. The number of hydrogen-bond acceptors (Lipinski definition) is 2. The van der Waals surface area contributed by atoms with Gasteiger partial charge in [-0.15, -0.1) is 0 Å². The van der Waals surface area contributed by atoms with Gasteiger partial charge in [-0.1, -0.05) is 25.8 Å². The van der Waals surface area contributed by atoms with Crippen molar-refractivity contribution in [3.05, 3.63) is 11.6 Å². The van der Waals surface area contributed by atoms with Gasteiger partial charge in [0.2, 0.25) is 0 Å². The van der Waals surface area contributed by atoms with Crippen LogP contribution >= 0.6 is 0 Å². The lowest BCUT2D eigenvalue weighted by atomic mass is 9.75. The smallest absolute Gasteiger partial charge is 0.165 e. The van der Waals surface area contributed by atoms with Gasteiger partial charge >= 0.3 is 0 Å². The van der Waals surface area contributed by atoms with Crippen LogP contribution in [0.2, 0.25) is 0 Å². The van der Waals surface area contributed by atoms with Crippen molar-refractivity contribution in [2.45, 2.75) is 58.3 Å². The fourth-order valence-electron chi connectivity index (χ4n) is 3.04. The van der Waals surface area contributed by atoms with Crippen molar-refractivity contribution in [2.75, 3.05) is 13.1 Å². The molecule has 0 spiro atoms. The third-order valence-corrected chi connectivity index (χ3v) is 4.23. The number of rotatable bonds is 2. The maximum atomic E-state index is 12.6. The van der Waals surface area contributed by atoms with Crippen LogP contribution in [0, 0.1) is 5.41 Å². The van der Waals surface area contributed by atoms with Crippen molar-refractivity contribution in [3.8, 4) is 0 Å². The van der Waals surface area contributed by atoms with Crippen molar-refractivity contribution >= 4 is 5.78 Å². The molecule has 2 nitrogen and oxygen atoms in total. The van der Waals surface area contributed by atoms with E-state index in [9.17, 15) is 4.79 Å². The molecule has 17 heavy (non-hydrogen) atoms. The molecule has 0 amide bonds. The number of carbonyl (C=O) groups is 1. The van der Waals surface area contributed by atoms with Crippen LogP contribution in [0.1, 0.15) is 58.3 Å². The summed E-state index contributed by atoms with van der Waals surface area (Å²) in [5.41, 5.74) is 0.986. The molecular formula is C15H25NO. The van der Waals surface area contributed by atoms with E-state index in [1.807, 2.05) is 0 Å². The Hall–Kier alpha value is -0.630. The lowest BCUT2D eigenvalue weighted by molar-refractivity contribution is -0.125. The average Bonchev–Trinajstić information content (AvgIpc) is 2.29. The van der Waals surface area contributed by atoms with E-state index in [0.717, 1.165) is 44.3 Å². The monoisotopic (exact) mass is 235 g/mol. The Kier molecular flexibility index (Phi) is 4.38. The van der Waals surface area contributed by atoms with Crippen LogP contribution in [0.25, 0.3) is 0 Å². The summed E-state index contributed by atoms with van der Waals surface area (Å²) < 4.78 is 0. The molecule has 1 aliphatic heterocycles. The molecule has 0 aromatic heterocycles. The Morgan fingerprint density at radius 1 is 1.24 bits per heavy atom. The number of ketones is 1. The normalized spacial score (nSPS) is 31.2. The van der Waals surface area contributed by atoms with Gasteiger partial charge in [-0.2, -0.15) is 0 Å². The number of allylic oxidation sites excluding steroid dienone is 2. The topological polar surface area (TPSA) is 29.1 Å². The third kappa shape index (κ3) is 3.19. The summed E-state index contributed by atoms with van der Waals surface area (Å²) in [6.45, 7) is 4.08. The Balaban J connectivity index is 2.06. The summed E-state index contributed by atoms with van der Waals surface area (Å²) in [6.07, 6.45) is 11.6. The number of hydrogen-bond donors (Lipinski definition) is 1. The predicted molar refractivity (Wildman–Crippen MR) is 71.0 cm³/mol. The van der Waals surface area contributed by atoms with Crippen molar-refractivity contribution in [1.82, 2.24) is 5.32 Å². The second-order valence-corrected chi connectivity index (χ2v) is 5.85. The molecule has 1 heterocycles. The van der Waals surface area contributed by atoms with Gasteiger partial charge in [0.05, 0.1) is 0 Å². The van der Waals surface area contributed by atoms with E-state index in [4.69, 9.17) is 0 Å². The van der Waals surface area contributed by atoms with Crippen LogP contribution in [-0.2, 0) is 4.79 Å². The van der Waals surface area contributed by atoms with Gasteiger partial charge in [0.25, 0.3) is 0 Å². The molecule has 0 radical (unpaired) electrons. The highest BCUT2D eigenvalue weighted by Crippen LogP contribution is 2.32. The molecule has 0 bridgehead atoms. The molecule has 1 fully saturated rings. The summed E-state index contributed by atoms with van der Waals surface area (Å²) >= 11 is 0. The molecule has 0 aromatic rings.